The summed E-state index contributed by atoms with van der Waals surface area (Å²) in [4.78, 5) is 12.3. The van der Waals surface area contributed by atoms with Crippen LogP contribution in [0.1, 0.15) is 36.2 Å². The number of rotatable bonds is 6. The quantitative estimate of drug-likeness (QED) is 0.841. The summed E-state index contributed by atoms with van der Waals surface area (Å²) >= 11 is 0. The summed E-state index contributed by atoms with van der Waals surface area (Å²) in [5.74, 6) is 1.21. The van der Waals surface area contributed by atoms with Gasteiger partial charge in [-0.05, 0) is 55.2 Å². The zero-order valence-corrected chi connectivity index (χ0v) is 13.4. The summed E-state index contributed by atoms with van der Waals surface area (Å²) in [6.07, 6.45) is 1.000. The molecule has 2 aromatic rings. The number of hydrogen-bond donors (Lipinski definition) is 1. The molecule has 0 saturated heterocycles. The van der Waals surface area contributed by atoms with Crippen molar-refractivity contribution in [1.29, 1.82) is 0 Å². The number of carbonyl (C=O) groups is 1. The average molecular weight is 297 g/mol. The molecule has 2 rings (SSSR count). The molecule has 0 aliphatic heterocycles. The molecule has 0 spiro atoms. The molecule has 0 unspecified atom stereocenters. The minimum Gasteiger partial charge on any atom is -0.494 e. The third-order valence-corrected chi connectivity index (χ3v) is 3.34. The van der Waals surface area contributed by atoms with Gasteiger partial charge in [-0.1, -0.05) is 32.0 Å². The molecule has 2 aromatic carbocycles. The molecule has 0 bridgehead atoms. The predicted molar refractivity (Wildman–Crippen MR) is 90.5 cm³/mol. The number of carbonyl (C=O) groups excluding carboxylic acids is 1. The SMILES string of the molecule is Cc1cccc(NC(=O)c2cccc(OCCC(C)C)c2)c1. The monoisotopic (exact) mass is 297 g/mol. The lowest BCUT2D eigenvalue weighted by Gasteiger charge is -2.10. The van der Waals surface area contributed by atoms with Crippen LogP contribution in [0.15, 0.2) is 48.5 Å². The molecular formula is C19H23NO2. The van der Waals surface area contributed by atoms with Gasteiger partial charge in [0.15, 0.2) is 0 Å². The third-order valence-electron chi connectivity index (χ3n) is 3.34. The van der Waals surface area contributed by atoms with Gasteiger partial charge in [0.05, 0.1) is 6.61 Å². The van der Waals surface area contributed by atoms with E-state index in [0.717, 1.165) is 23.4 Å². The van der Waals surface area contributed by atoms with E-state index >= 15 is 0 Å². The molecule has 116 valence electrons. The van der Waals surface area contributed by atoms with Crippen molar-refractivity contribution < 1.29 is 9.53 Å². The maximum Gasteiger partial charge on any atom is 0.255 e. The van der Waals surface area contributed by atoms with Crippen molar-refractivity contribution in [2.24, 2.45) is 5.92 Å². The summed E-state index contributed by atoms with van der Waals surface area (Å²) in [5.41, 5.74) is 2.52. The summed E-state index contributed by atoms with van der Waals surface area (Å²) in [6.45, 7) is 6.99. The number of amides is 1. The van der Waals surface area contributed by atoms with Crippen molar-refractivity contribution in [3.05, 3.63) is 59.7 Å². The largest absolute Gasteiger partial charge is 0.494 e. The number of ether oxygens (including phenoxy) is 1. The Bertz CT molecular complexity index is 635. The fraction of sp³-hybridized carbons (Fsp3) is 0.316. The minimum atomic E-state index is -0.125. The van der Waals surface area contributed by atoms with Crippen LogP contribution in [0.4, 0.5) is 5.69 Å². The van der Waals surface area contributed by atoms with Gasteiger partial charge in [-0.2, -0.15) is 0 Å². The van der Waals surface area contributed by atoms with E-state index in [2.05, 4.69) is 19.2 Å². The maximum absolute atomic E-state index is 12.3. The Morgan fingerprint density at radius 3 is 2.64 bits per heavy atom. The number of hydrogen-bond acceptors (Lipinski definition) is 2. The Morgan fingerprint density at radius 2 is 1.91 bits per heavy atom. The van der Waals surface area contributed by atoms with Crippen LogP contribution in [-0.2, 0) is 0 Å². The standard InChI is InChI=1S/C19H23NO2/c1-14(2)10-11-22-18-9-5-7-16(13-18)19(21)20-17-8-4-6-15(3)12-17/h4-9,12-14H,10-11H2,1-3H3,(H,20,21). The summed E-state index contributed by atoms with van der Waals surface area (Å²) in [6, 6.07) is 15.1. The number of aryl methyl sites for hydroxylation is 1. The van der Waals surface area contributed by atoms with Crippen LogP contribution in [0.3, 0.4) is 0 Å². The van der Waals surface area contributed by atoms with Crippen molar-refractivity contribution in [3.8, 4) is 5.75 Å². The molecule has 0 fully saturated rings. The fourth-order valence-electron chi connectivity index (χ4n) is 2.07. The van der Waals surface area contributed by atoms with Gasteiger partial charge < -0.3 is 10.1 Å². The molecule has 3 heteroatoms. The first kappa shape index (κ1) is 16.1. The highest BCUT2D eigenvalue weighted by Crippen LogP contribution is 2.16. The van der Waals surface area contributed by atoms with E-state index in [-0.39, 0.29) is 5.91 Å². The number of nitrogens with one attached hydrogen (secondary N) is 1. The van der Waals surface area contributed by atoms with Gasteiger partial charge >= 0.3 is 0 Å². The van der Waals surface area contributed by atoms with E-state index in [1.165, 1.54) is 0 Å². The first-order chi connectivity index (χ1) is 10.5. The zero-order chi connectivity index (χ0) is 15.9. The van der Waals surface area contributed by atoms with Gasteiger partial charge in [0.25, 0.3) is 5.91 Å². The molecule has 22 heavy (non-hydrogen) atoms. The molecule has 0 aliphatic rings. The molecule has 0 aliphatic carbocycles. The molecule has 0 heterocycles. The summed E-state index contributed by atoms with van der Waals surface area (Å²) in [5, 5.41) is 2.91. The second kappa shape index (κ2) is 7.64. The van der Waals surface area contributed by atoms with Gasteiger partial charge in [-0.25, -0.2) is 0 Å². The lowest BCUT2D eigenvalue weighted by Crippen LogP contribution is -2.12. The van der Waals surface area contributed by atoms with Crippen LogP contribution in [0.25, 0.3) is 0 Å². The molecule has 0 radical (unpaired) electrons. The maximum atomic E-state index is 12.3. The van der Waals surface area contributed by atoms with Gasteiger partial charge in [0, 0.05) is 11.3 Å². The second-order valence-electron chi connectivity index (χ2n) is 5.88. The minimum absolute atomic E-state index is 0.125. The van der Waals surface area contributed by atoms with E-state index in [4.69, 9.17) is 4.74 Å². The van der Waals surface area contributed by atoms with Crippen molar-refractivity contribution >= 4 is 11.6 Å². The Labute approximate surface area is 132 Å². The predicted octanol–water partition coefficient (Wildman–Crippen LogP) is 4.67. The van der Waals surface area contributed by atoms with Crippen LogP contribution in [0.2, 0.25) is 0 Å². The highest BCUT2D eigenvalue weighted by atomic mass is 16.5. The van der Waals surface area contributed by atoms with Gasteiger partial charge in [0.1, 0.15) is 5.75 Å². The van der Waals surface area contributed by atoms with Crippen LogP contribution in [0.5, 0.6) is 5.75 Å². The third kappa shape index (κ3) is 4.92. The van der Waals surface area contributed by atoms with Gasteiger partial charge in [-0.15, -0.1) is 0 Å². The Kier molecular flexibility index (Phi) is 5.59. The summed E-state index contributed by atoms with van der Waals surface area (Å²) in [7, 11) is 0. The van der Waals surface area contributed by atoms with Crippen molar-refractivity contribution in [1.82, 2.24) is 0 Å². The molecule has 0 saturated carbocycles. The van der Waals surface area contributed by atoms with E-state index in [1.54, 1.807) is 12.1 Å². The van der Waals surface area contributed by atoms with E-state index in [0.29, 0.717) is 18.1 Å². The smallest absolute Gasteiger partial charge is 0.255 e. The molecular weight excluding hydrogens is 274 g/mol. The molecule has 0 atom stereocenters. The second-order valence-corrected chi connectivity index (χ2v) is 5.88. The van der Waals surface area contributed by atoms with Crippen molar-refractivity contribution in [2.75, 3.05) is 11.9 Å². The average Bonchev–Trinajstić information content (AvgIpc) is 2.47. The Hall–Kier alpha value is -2.29. The lowest BCUT2D eigenvalue weighted by molar-refractivity contribution is 0.102. The highest BCUT2D eigenvalue weighted by molar-refractivity contribution is 6.04. The van der Waals surface area contributed by atoms with Crippen LogP contribution < -0.4 is 10.1 Å². The lowest BCUT2D eigenvalue weighted by atomic mass is 10.1. The normalized spacial score (nSPS) is 10.5. The van der Waals surface area contributed by atoms with E-state index in [9.17, 15) is 4.79 Å². The molecule has 0 aromatic heterocycles. The van der Waals surface area contributed by atoms with E-state index in [1.807, 2.05) is 43.3 Å². The Balaban J connectivity index is 2.00. The van der Waals surface area contributed by atoms with Crippen molar-refractivity contribution in [2.45, 2.75) is 27.2 Å². The van der Waals surface area contributed by atoms with Crippen LogP contribution in [-0.4, -0.2) is 12.5 Å². The summed E-state index contributed by atoms with van der Waals surface area (Å²) < 4.78 is 5.70. The van der Waals surface area contributed by atoms with Gasteiger partial charge in [0.2, 0.25) is 0 Å². The van der Waals surface area contributed by atoms with Crippen molar-refractivity contribution in [3.63, 3.8) is 0 Å². The van der Waals surface area contributed by atoms with E-state index < -0.39 is 0 Å². The molecule has 1 N–H and O–H groups in total. The molecule has 1 amide bonds. The Morgan fingerprint density at radius 1 is 1.14 bits per heavy atom. The topological polar surface area (TPSA) is 38.3 Å². The molecule has 3 nitrogen and oxygen atoms in total. The number of benzene rings is 2. The number of anilines is 1. The van der Waals surface area contributed by atoms with Crippen LogP contribution >= 0.6 is 0 Å². The van der Waals surface area contributed by atoms with Gasteiger partial charge in [-0.3, -0.25) is 4.79 Å². The first-order valence-corrected chi connectivity index (χ1v) is 7.65. The first-order valence-electron chi connectivity index (χ1n) is 7.65. The zero-order valence-electron chi connectivity index (χ0n) is 13.4. The fourth-order valence-corrected chi connectivity index (χ4v) is 2.07. The highest BCUT2D eigenvalue weighted by Gasteiger charge is 2.07. The van der Waals surface area contributed by atoms with Crippen LogP contribution in [0, 0.1) is 12.8 Å².